The highest BCUT2D eigenvalue weighted by molar-refractivity contribution is 7.89. The predicted molar refractivity (Wildman–Crippen MR) is 143 cm³/mol. The van der Waals surface area contributed by atoms with Crippen molar-refractivity contribution in [2.75, 3.05) is 13.1 Å². The summed E-state index contributed by atoms with van der Waals surface area (Å²) in [5.41, 5.74) is 1.18. The quantitative estimate of drug-likeness (QED) is 0.398. The van der Waals surface area contributed by atoms with Crippen LogP contribution in [0.15, 0.2) is 66.0 Å². The molecule has 0 aliphatic carbocycles. The molecule has 3 aromatic rings. The highest BCUT2D eigenvalue weighted by Crippen LogP contribution is 2.20. The molecule has 0 saturated carbocycles. The average Bonchev–Trinajstić information content (AvgIpc) is 3.09. The van der Waals surface area contributed by atoms with E-state index in [0.29, 0.717) is 24.8 Å². The van der Waals surface area contributed by atoms with Gasteiger partial charge in [0.15, 0.2) is 5.03 Å². The Morgan fingerprint density at radius 2 is 1.89 bits per heavy atom. The van der Waals surface area contributed by atoms with Gasteiger partial charge >= 0.3 is 0 Å². The molecule has 0 spiro atoms. The number of rotatable bonds is 8. The number of hydrogen-bond acceptors (Lipinski definition) is 7. The minimum atomic E-state index is -3.88. The lowest BCUT2D eigenvalue weighted by Gasteiger charge is -2.27. The summed E-state index contributed by atoms with van der Waals surface area (Å²) >= 11 is 0. The van der Waals surface area contributed by atoms with Crippen LogP contribution in [0.1, 0.15) is 43.5 Å². The number of aliphatic hydroxyl groups excluding tert-OH is 1. The molecular formula is C27H33N5O5S. The van der Waals surface area contributed by atoms with Gasteiger partial charge in [0.2, 0.25) is 5.91 Å². The smallest absolute Gasteiger partial charge is 0.260 e. The Bertz CT molecular complexity index is 1380. The normalized spacial score (nSPS) is 19.6. The van der Waals surface area contributed by atoms with Crippen LogP contribution >= 0.6 is 0 Å². The summed E-state index contributed by atoms with van der Waals surface area (Å²) in [6.45, 7) is 3.94. The maximum Gasteiger partial charge on any atom is 0.260 e. The van der Waals surface area contributed by atoms with E-state index in [9.17, 15) is 23.1 Å². The molecule has 3 heterocycles. The van der Waals surface area contributed by atoms with Crippen LogP contribution in [0, 0.1) is 5.92 Å². The van der Waals surface area contributed by atoms with Crippen LogP contribution in [-0.4, -0.2) is 70.9 Å². The van der Waals surface area contributed by atoms with Crippen molar-refractivity contribution < 1.29 is 23.1 Å². The first-order valence-corrected chi connectivity index (χ1v) is 14.1. The zero-order valence-corrected chi connectivity index (χ0v) is 22.3. The molecule has 10 nitrogen and oxygen atoms in total. The third kappa shape index (κ3) is 6.53. The third-order valence-electron chi connectivity index (χ3n) is 6.54. The van der Waals surface area contributed by atoms with Crippen molar-refractivity contribution in [2.24, 2.45) is 5.92 Å². The molecule has 1 aliphatic heterocycles. The van der Waals surface area contributed by atoms with Gasteiger partial charge in [-0.25, -0.2) is 13.4 Å². The molecule has 1 saturated heterocycles. The van der Waals surface area contributed by atoms with Gasteiger partial charge < -0.3 is 15.7 Å². The van der Waals surface area contributed by atoms with Gasteiger partial charge in [0.1, 0.15) is 6.04 Å². The van der Waals surface area contributed by atoms with Crippen LogP contribution < -0.4 is 10.6 Å². The molecule has 4 rings (SSSR count). The maximum atomic E-state index is 13.3. The van der Waals surface area contributed by atoms with E-state index in [1.165, 1.54) is 16.6 Å². The van der Waals surface area contributed by atoms with Gasteiger partial charge in [-0.3, -0.25) is 14.6 Å². The van der Waals surface area contributed by atoms with E-state index in [1.54, 1.807) is 42.6 Å². The summed E-state index contributed by atoms with van der Waals surface area (Å²) in [5, 5.41) is 17.3. The Morgan fingerprint density at radius 3 is 2.63 bits per heavy atom. The highest BCUT2D eigenvalue weighted by atomic mass is 32.2. The Kier molecular flexibility index (Phi) is 8.70. The van der Waals surface area contributed by atoms with Crippen LogP contribution in [0.25, 0.3) is 10.9 Å². The number of fused-ring (bicyclic) bond motifs is 1. The second-order valence-electron chi connectivity index (χ2n) is 9.92. The molecule has 11 heteroatoms. The second kappa shape index (κ2) is 12.0. The molecular weight excluding hydrogens is 506 g/mol. The first kappa shape index (κ1) is 27.6. The van der Waals surface area contributed by atoms with Crippen molar-refractivity contribution in [1.29, 1.82) is 0 Å². The van der Waals surface area contributed by atoms with Crippen molar-refractivity contribution in [3.8, 4) is 0 Å². The summed E-state index contributed by atoms with van der Waals surface area (Å²) in [6, 6.07) is 12.0. The van der Waals surface area contributed by atoms with Gasteiger partial charge in [-0.1, -0.05) is 26.0 Å². The molecule has 1 fully saturated rings. The number of hydrogen-bond donors (Lipinski definition) is 3. The first-order valence-electron chi connectivity index (χ1n) is 12.7. The fraction of sp³-hybridized carbons (Fsp3) is 0.407. The number of aliphatic hydroxyl groups is 1. The number of nitrogens with one attached hydrogen (secondary N) is 2. The summed E-state index contributed by atoms with van der Waals surface area (Å²) in [4.78, 5) is 34.5. The molecule has 0 radical (unpaired) electrons. The van der Waals surface area contributed by atoms with Gasteiger partial charge in [-0.15, -0.1) is 0 Å². The van der Waals surface area contributed by atoms with Gasteiger partial charge in [0.25, 0.3) is 15.9 Å². The van der Waals surface area contributed by atoms with Crippen LogP contribution in [0.3, 0.4) is 0 Å². The van der Waals surface area contributed by atoms with Crippen molar-refractivity contribution >= 4 is 32.7 Å². The Labute approximate surface area is 222 Å². The van der Waals surface area contributed by atoms with Crippen molar-refractivity contribution in [1.82, 2.24) is 24.9 Å². The van der Waals surface area contributed by atoms with E-state index in [4.69, 9.17) is 0 Å². The molecule has 1 aromatic carbocycles. The summed E-state index contributed by atoms with van der Waals surface area (Å²) in [5.74, 6) is -0.685. The Hall–Kier alpha value is -3.41. The van der Waals surface area contributed by atoms with Crippen LogP contribution in [0.4, 0.5) is 0 Å². The Morgan fingerprint density at radius 1 is 1.11 bits per heavy atom. The predicted octanol–water partition coefficient (Wildman–Crippen LogP) is 2.10. The molecule has 202 valence electrons. The molecule has 0 bridgehead atoms. The van der Waals surface area contributed by atoms with Gasteiger partial charge in [0.05, 0.1) is 17.7 Å². The molecule has 1 aliphatic rings. The lowest BCUT2D eigenvalue weighted by atomic mass is 10.0. The first-order chi connectivity index (χ1) is 18.1. The number of nitrogens with zero attached hydrogens (tertiary/aromatic N) is 3. The summed E-state index contributed by atoms with van der Waals surface area (Å²) < 4.78 is 27.2. The topological polar surface area (TPSA) is 142 Å². The number of amides is 2. The molecule has 2 amide bonds. The monoisotopic (exact) mass is 539 g/mol. The molecule has 38 heavy (non-hydrogen) atoms. The third-order valence-corrected chi connectivity index (χ3v) is 8.32. The number of β-amino-alcohol motifs (C(OH)–C–C–N with tert-alkyl or cyclic N) is 1. The van der Waals surface area contributed by atoms with Crippen LogP contribution in [0.5, 0.6) is 0 Å². The fourth-order valence-corrected chi connectivity index (χ4v) is 6.00. The minimum absolute atomic E-state index is 0.0844. The fourth-order valence-electron chi connectivity index (χ4n) is 4.57. The lowest BCUT2D eigenvalue weighted by Crippen LogP contribution is -2.54. The van der Waals surface area contributed by atoms with E-state index in [2.05, 4.69) is 20.6 Å². The van der Waals surface area contributed by atoms with Gasteiger partial charge in [0, 0.05) is 36.4 Å². The largest absolute Gasteiger partial charge is 0.390 e. The van der Waals surface area contributed by atoms with Crippen molar-refractivity contribution in [3.63, 3.8) is 0 Å². The number of sulfonamides is 1. The van der Waals surface area contributed by atoms with E-state index in [1.807, 2.05) is 19.9 Å². The van der Waals surface area contributed by atoms with Crippen LogP contribution in [-0.2, 0) is 14.8 Å². The molecule has 2 aromatic heterocycles. The number of aromatic nitrogens is 2. The van der Waals surface area contributed by atoms with E-state index < -0.39 is 34.1 Å². The second-order valence-corrected chi connectivity index (χ2v) is 11.8. The molecule has 3 atom stereocenters. The standard InChI is InChI=1S/C27H33N5O5S/c1-18(2)15-23(31-26(34)20-10-11-21-19(16-20)7-5-13-28-21)27(35)30-22-8-6-14-32(17-24(22)33)38(36,37)25-9-3-4-12-29-25/h3-5,7,9-13,16,18,22-24,33H,6,8,14-15,17H2,1-2H3,(H,30,35)(H,31,34)/t22?,23-,24?/m0/s1. The van der Waals surface area contributed by atoms with E-state index >= 15 is 0 Å². The van der Waals surface area contributed by atoms with Crippen LogP contribution in [0.2, 0.25) is 0 Å². The summed E-state index contributed by atoms with van der Waals surface area (Å²) in [6.07, 6.45) is 3.20. The van der Waals surface area contributed by atoms with E-state index in [-0.39, 0.29) is 29.9 Å². The number of benzene rings is 1. The highest BCUT2D eigenvalue weighted by Gasteiger charge is 2.35. The zero-order chi connectivity index (χ0) is 27.3. The summed E-state index contributed by atoms with van der Waals surface area (Å²) in [7, 11) is -3.88. The number of pyridine rings is 2. The van der Waals surface area contributed by atoms with Crippen molar-refractivity contribution in [2.45, 2.75) is 56.3 Å². The lowest BCUT2D eigenvalue weighted by molar-refractivity contribution is -0.125. The van der Waals surface area contributed by atoms with Gasteiger partial charge in [-0.2, -0.15) is 4.31 Å². The Balaban J connectivity index is 1.44. The van der Waals surface area contributed by atoms with E-state index in [0.717, 1.165) is 10.9 Å². The van der Waals surface area contributed by atoms with Gasteiger partial charge in [-0.05, 0) is 61.6 Å². The zero-order valence-electron chi connectivity index (χ0n) is 21.4. The number of carbonyl (C=O) groups excluding carboxylic acids is 2. The average molecular weight is 540 g/mol. The molecule has 2 unspecified atom stereocenters. The van der Waals surface area contributed by atoms with Crippen molar-refractivity contribution in [3.05, 3.63) is 66.5 Å². The molecule has 3 N–H and O–H groups in total. The maximum absolute atomic E-state index is 13.3. The SMILES string of the molecule is CC(C)C[C@H](NC(=O)c1ccc2ncccc2c1)C(=O)NC1CCCN(S(=O)(=O)c2ccccn2)CC1O. The minimum Gasteiger partial charge on any atom is -0.390 e. The number of carbonyl (C=O) groups is 2.